The third-order valence-electron chi connectivity index (χ3n) is 3.41. The molecule has 1 rings (SSSR count). The molecule has 0 aromatic carbocycles. The van der Waals surface area contributed by atoms with Crippen molar-refractivity contribution in [2.75, 3.05) is 38.3 Å². The van der Waals surface area contributed by atoms with Gasteiger partial charge in [0.15, 0.2) is 0 Å². The van der Waals surface area contributed by atoms with Crippen molar-refractivity contribution in [3.8, 4) is 0 Å². The molecule has 4 heteroatoms. The highest BCUT2D eigenvalue weighted by atomic mass is 32.2. The van der Waals surface area contributed by atoms with Gasteiger partial charge in [0.25, 0.3) is 0 Å². The number of likely N-dealkylation sites (N-methyl/N-ethyl adjacent to an activating group) is 1. The van der Waals surface area contributed by atoms with E-state index in [1.807, 2.05) is 11.8 Å². The molecule has 0 radical (unpaired) electrons. The minimum Gasteiger partial charge on any atom is -0.381 e. The van der Waals surface area contributed by atoms with Gasteiger partial charge in [0, 0.05) is 31.8 Å². The first-order chi connectivity index (χ1) is 7.79. The van der Waals surface area contributed by atoms with Crippen LogP contribution in [0, 0.1) is 0 Å². The lowest BCUT2D eigenvalue weighted by molar-refractivity contribution is 0.0293. The van der Waals surface area contributed by atoms with Crippen molar-refractivity contribution in [1.82, 2.24) is 4.90 Å². The molecule has 0 bridgehead atoms. The first kappa shape index (κ1) is 14.3. The maximum absolute atomic E-state index is 5.88. The Balaban J connectivity index is 2.31. The summed E-state index contributed by atoms with van der Waals surface area (Å²) >= 11 is 2.01. The average Bonchev–Trinajstić information content (AvgIpc) is 2.35. The number of nitrogens with two attached hydrogens (primary N) is 1. The molecule has 1 atom stereocenters. The summed E-state index contributed by atoms with van der Waals surface area (Å²) in [7, 11) is 2.23. The largest absolute Gasteiger partial charge is 0.381 e. The van der Waals surface area contributed by atoms with Gasteiger partial charge in [-0.3, -0.25) is 4.90 Å². The second kappa shape index (κ2) is 8.34. The van der Waals surface area contributed by atoms with E-state index in [0.29, 0.717) is 12.1 Å². The first-order valence-corrected chi connectivity index (χ1v) is 7.52. The Morgan fingerprint density at radius 3 is 2.69 bits per heavy atom. The Bertz CT molecular complexity index is 174. The molecule has 0 spiro atoms. The normalized spacial score (nSPS) is 20.2. The van der Waals surface area contributed by atoms with Gasteiger partial charge < -0.3 is 10.5 Å². The lowest BCUT2D eigenvalue weighted by Crippen LogP contribution is -2.46. The monoisotopic (exact) mass is 246 g/mol. The van der Waals surface area contributed by atoms with Crippen LogP contribution in [0.4, 0.5) is 0 Å². The van der Waals surface area contributed by atoms with Crippen LogP contribution < -0.4 is 5.73 Å². The molecule has 2 N–H and O–H groups in total. The molecule has 1 unspecified atom stereocenters. The SMILES string of the molecule is CCSCCC(CN)N(C)C1CCOCC1. The summed E-state index contributed by atoms with van der Waals surface area (Å²) < 4.78 is 5.40. The molecule has 16 heavy (non-hydrogen) atoms. The number of ether oxygens (including phenoxy) is 1. The number of nitrogens with zero attached hydrogens (tertiary/aromatic N) is 1. The van der Waals surface area contributed by atoms with Gasteiger partial charge in [-0.15, -0.1) is 0 Å². The van der Waals surface area contributed by atoms with Gasteiger partial charge in [-0.05, 0) is 37.8 Å². The van der Waals surface area contributed by atoms with Crippen molar-refractivity contribution in [3.63, 3.8) is 0 Å². The highest BCUT2D eigenvalue weighted by molar-refractivity contribution is 7.99. The van der Waals surface area contributed by atoms with Crippen LogP contribution in [-0.2, 0) is 4.74 Å². The van der Waals surface area contributed by atoms with Crippen molar-refractivity contribution >= 4 is 11.8 Å². The van der Waals surface area contributed by atoms with E-state index in [0.717, 1.165) is 32.6 Å². The van der Waals surface area contributed by atoms with E-state index >= 15 is 0 Å². The summed E-state index contributed by atoms with van der Waals surface area (Å²) in [5, 5.41) is 0. The van der Waals surface area contributed by atoms with Crippen LogP contribution in [0.5, 0.6) is 0 Å². The topological polar surface area (TPSA) is 38.5 Å². The van der Waals surface area contributed by atoms with Crippen molar-refractivity contribution in [2.24, 2.45) is 5.73 Å². The van der Waals surface area contributed by atoms with E-state index in [9.17, 15) is 0 Å². The number of thioether (sulfide) groups is 1. The lowest BCUT2D eigenvalue weighted by Gasteiger charge is -2.36. The molecule has 1 heterocycles. The zero-order valence-electron chi connectivity index (χ0n) is 10.7. The summed E-state index contributed by atoms with van der Waals surface area (Å²) in [6.07, 6.45) is 3.53. The Kier molecular flexibility index (Phi) is 7.45. The standard InChI is InChI=1S/C12H26N2OS/c1-3-16-9-6-12(10-13)14(2)11-4-7-15-8-5-11/h11-12H,3-10,13H2,1-2H3. The Morgan fingerprint density at radius 2 is 2.12 bits per heavy atom. The van der Waals surface area contributed by atoms with Gasteiger partial charge in [-0.2, -0.15) is 11.8 Å². The van der Waals surface area contributed by atoms with Gasteiger partial charge in [-0.1, -0.05) is 6.92 Å². The first-order valence-electron chi connectivity index (χ1n) is 6.37. The fourth-order valence-electron chi connectivity index (χ4n) is 2.24. The Morgan fingerprint density at radius 1 is 1.44 bits per heavy atom. The van der Waals surface area contributed by atoms with Gasteiger partial charge in [-0.25, -0.2) is 0 Å². The molecule has 0 aromatic heterocycles. The van der Waals surface area contributed by atoms with E-state index in [2.05, 4.69) is 18.9 Å². The van der Waals surface area contributed by atoms with E-state index in [1.165, 1.54) is 17.9 Å². The molecular formula is C12H26N2OS. The van der Waals surface area contributed by atoms with Crippen molar-refractivity contribution in [2.45, 2.75) is 38.3 Å². The van der Waals surface area contributed by atoms with Gasteiger partial charge in [0.2, 0.25) is 0 Å². The van der Waals surface area contributed by atoms with Crippen molar-refractivity contribution in [3.05, 3.63) is 0 Å². The van der Waals surface area contributed by atoms with Gasteiger partial charge >= 0.3 is 0 Å². The highest BCUT2D eigenvalue weighted by Crippen LogP contribution is 2.17. The zero-order valence-corrected chi connectivity index (χ0v) is 11.5. The molecule has 1 fully saturated rings. The predicted molar refractivity (Wildman–Crippen MR) is 72.1 cm³/mol. The highest BCUT2D eigenvalue weighted by Gasteiger charge is 2.23. The molecule has 96 valence electrons. The second-order valence-electron chi connectivity index (χ2n) is 4.38. The zero-order chi connectivity index (χ0) is 11.8. The van der Waals surface area contributed by atoms with Gasteiger partial charge in [0.05, 0.1) is 0 Å². The molecule has 1 aliphatic heterocycles. The maximum Gasteiger partial charge on any atom is 0.0480 e. The van der Waals surface area contributed by atoms with E-state index in [-0.39, 0.29) is 0 Å². The smallest absolute Gasteiger partial charge is 0.0480 e. The molecule has 0 saturated carbocycles. The summed E-state index contributed by atoms with van der Waals surface area (Å²) in [6, 6.07) is 1.22. The quantitative estimate of drug-likeness (QED) is 0.692. The number of hydrogen-bond donors (Lipinski definition) is 1. The van der Waals surface area contributed by atoms with E-state index < -0.39 is 0 Å². The van der Waals surface area contributed by atoms with E-state index in [1.54, 1.807) is 0 Å². The summed E-state index contributed by atoms with van der Waals surface area (Å²) in [6.45, 7) is 4.81. The van der Waals surface area contributed by atoms with Crippen LogP contribution in [0.1, 0.15) is 26.2 Å². The molecule has 0 aliphatic carbocycles. The van der Waals surface area contributed by atoms with Crippen LogP contribution >= 0.6 is 11.8 Å². The van der Waals surface area contributed by atoms with Crippen LogP contribution in [0.2, 0.25) is 0 Å². The summed E-state index contributed by atoms with van der Waals surface area (Å²) in [4.78, 5) is 2.48. The average molecular weight is 246 g/mol. The fraction of sp³-hybridized carbons (Fsp3) is 1.00. The molecule has 0 amide bonds. The second-order valence-corrected chi connectivity index (χ2v) is 5.78. The van der Waals surface area contributed by atoms with Crippen molar-refractivity contribution in [1.29, 1.82) is 0 Å². The Hall–Kier alpha value is 0.230. The molecule has 3 nitrogen and oxygen atoms in total. The summed E-state index contributed by atoms with van der Waals surface area (Å²) in [5.74, 6) is 2.43. The lowest BCUT2D eigenvalue weighted by atomic mass is 10.0. The minimum atomic E-state index is 0.544. The Labute approximate surface area is 104 Å². The van der Waals surface area contributed by atoms with Crippen LogP contribution in [0.25, 0.3) is 0 Å². The molecular weight excluding hydrogens is 220 g/mol. The number of hydrogen-bond acceptors (Lipinski definition) is 4. The molecule has 1 aliphatic rings. The van der Waals surface area contributed by atoms with Crippen molar-refractivity contribution < 1.29 is 4.74 Å². The molecule has 1 saturated heterocycles. The number of rotatable bonds is 7. The van der Waals surface area contributed by atoms with Crippen LogP contribution in [0.3, 0.4) is 0 Å². The predicted octanol–water partition coefficient (Wildman–Crippen LogP) is 1.57. The van der Waals surface area contributed by atoms with E-state index in [4.69, 9.17) is 10.5 Å². The summed E-state index contributed by atoms with van der Waals surface area (Å²) in [5.41, 5.74) is 5.88. The molecule has 0 aromatic rings. The minimum absolute atomic E-state index is 0.544. The fourth-order valence-corrected chi connectivity index (χ4v) is 2.97. The maximum atomic E-state index is 5.88. The van der Waals surface area contributed by atoms with Crippen LogP contribution in [-0.4, -0.2) is 55.3 Å². The third-order valence-corrected chi connectivity index (χ3v) is 4.35. The van der Waals surface area contributed by atoms with Crippen LogP contribution in [0.15, 0.2) is 0 Å². The third kappa shape index (κ3) is 4.62. The van der Waals surface area contributed by atoms with Gasteiger partial charge in [0.1, 0.15) is 0 Å².